The highest BCUT2D eigenvalue weighted by Gasteiger charge is 2.24. The Kier molecular flexibility index (Phi) is 2.41. The zero-order valence-corrected chi connectivity index (χ0v) is 8.77. The van der Waals surface area contributed by atoms with Gasteiger partial charge in [-0.15, -0.1) is 0 Å². The van der Waals surface area contributed by atoms with Crippen molar-refractivity contribution in [2.24, 2.45) is 0 Å². The molecule has 3 nitrogen and oxygen atoms in total. The molecule has 1 aromatic carbocycles. The fraction of sp³-hybridized carbons (Fsp3) is 0.222. The molecule has 5 heteroatoms. The number of halogens is 2. The van der Waals surface area contributed by atoms with Crippen molar-refractivity contribution < 1.29 is 9.18 Å². The van der Waals surface area contributed by atoms with Gasteiger partial charge >= 0.3 is 6.03 Å². The summed E-state index contributed by atoms with van der Waals surface area (Å²) in [5, 5.41) is 5.21. The molecule has 2 rings (SSSR count). The van der Waals surface area contributed by atoms with Crippen LogP contribution in [0.2, 0.25) is 0 Å². The number of urea groups is 1. The Hall–Kier alpha value is -1.10. The minimum Gasteiger partial charge on any atom is -0.336 e. The summed E-state index contributed by atoms with van der Waals surface area (Å²) in [7, 11) is 0. The van der Waals surface area contributed by atoms with Crippen LogP contribution in [0.1, 0.15) is 11.6 Å². The van der Waals surface area contributed by atoms with Crippen LogP contribution in [0.25, 0.3) is 0 Å². The van der Waals surface area contributed by atoms with Gasteiger partial charge in [-0.1, -0.05) is 12.1 Å². The smallest absolute Gasteiger partial charge is 0.315 e. The molecular weight excluding hydrogens is 251 g/mol. The van der Waals surface area contributed by atoms with Crippen molar-refractivity contribution in [2.45, 2.75) is 6.04 Å². The van der Waals surface area contributed by atoms with Crippen LogP contribution in [0.4, 0.5) is 9.18 Å². The van der Waals surface area contributed by atoms with Crippen LogP contribution >= 0.6 is 15.9 Å². The summed E-state index contributed by atoms with van der Waals surface area (Å²) >= 11 is 3.10. The fourth-order valence-electron chi connectivity index (χ4n) is 1.43. The van der Waals surface area contributed by atoms with Crippen LogP contribution in [-0.4, -0.2) is 12.6 Å². The van der Waals surface area contributed by atoms with Gasteiger partial charge in [0.1, 0.15) is 5.82 Å². The van der Waals surface area contributed by atoms with E-state index in [0.29, 0.717) is 16.6 Å². The van der Waals surface area contributed by atoms with E-state index in [-0.39, 0.29) is 17.9 Å². The minimum atomic E-state index is -0.318. The number of nitrogens with one attached hydrogen (secondary N) is 2. The molecule has 0 radical (unpaired) electrons. The highest BCUT2D eigenvalue weighted by molar-refractivity contribution is 9.10. The van der Waals surface area contributed by atoms with Crippen LogP contribution in [0, 0.1) is 5.82 Å². The van der Waals surface area contributed by atoms with E-state index in [1.165, 1.54) is 0 Å². The maximum atomic E-state index is 13.6. The average molecular weight is 259 g/mol. The second kappa shape index (κ2) is 3.57. The summed E-state index contributed by atoms with van der Waals surface area (Å²) < 4.78 is 14.0. The molecular formula is C9H8BrFN2O. The van der Waals surface area contributed by atoms with Crippen molar-refractivity contribution in [3.8, 4) is 0 Å². The quantitative estimate of drug-likeness (QED) is 0.795. The highest BCUT2D eigenvalue weighted by atomic mass is 79.9. The zero-order valence-electron chi connectivity index (χ0n) is 7.18. The predicted molar refractivity (Wildman–Crippen MR) is 53.4 cm³/mol. The molecule has 0 spiro atoms. The Morgan fingerprint density at radius 2 is 2.29 bits per heavy atom. The van der Waals surface area contributed by atoms with Gasteiger partial charge in [-0.25, -0.2) is 9.18 Å². The first-order chi connectivity index (χ1) is 6.68. The lowest BCUT2D eigenvalue weighted by molar-refractivity contribution is 0.247. The topological polar surface area (TPSA) is 41.1 Å². The minimum absolute atomic E-state index is 0.255. The number of benzene rings is 1. The predicted octanol–water partition coefficient (Wildman–Crippen LogP) is 1.94. The number of carbonyl (C=O) groups excluding carboxylic acids is 1. The number of carbonyl (C=O) groups is 1. The molecule has 1 aromatic rings. The normalized spacial score (nSPS) is 20.4. The molecule has 1 heterocycles. The molecule has 2 amide bonds. The van der Waals surface area contributed by atoms with Gasteiger partial charge in [0.25, 0.3) is 0 Å². The Labute approximate surface area is 88.8 Å². The second-order valence-corrected chi connectivity index (χ2v) is 3.90. The lowest BCUT2D eigenvalue weighted by Gasteiger charge is -2.10. The van der Waals surface area contributed by atoms with E-state index in [0.717, 1.165) is 0 Å². The molecule has 1 saturated heterocycles. The van der Waals surface area contributed by atoms with Crippen molar-refractivity contribution in [2.75, 3.05) is 6.54 Å². The third-order valence-corrected chi connectivity index (χ3v) is 2.74. The molecule has 2 N–H and O–H groups in total. The Morgan fingerprint density at radius 1 is 1.50 bits per heavy atom. The van der Waals surface area contributed by atoms with Crippen molar-refractivity contribution in [1.82, 2.24) is 10.6 Å². The number of hydrogen-bond donors (Lipinski definition) is 2. The van der Waals surface area contributed by atoms with E-state index < -0.39 is 0 Å². The van der Waals surface area contributed by atoms with E-state index >= 15 is 0 Å². The molecule has 0 saturated carbocycles. The van der Waals surface area contributed by atoms with E-state index in [1.54, 1.807) is 18.2 Å². The summed E-state index contributed by atoms with van der Waals surface area (Å²) in [4.78, 5) is 10.9. The van der Waals surface area contributed by atoms with Crippen LogP contribution in [0.15, 0.2) is 22.7 Å². The van der Waals surface area contributed by atoms with Gasteiger partial charge in [0.2, 0.25) is 0 Å². The lowest BCUT2D eigenvalue weighted by Crippen LogP contribution is -2.22. The van der Waals surface area contributed by atoms with E-state index in [2.05, 4.69) is 26.6 Å². The Morgan fingerprint density at radius 3 is 2.93 bits per heavy atom. The summed E-state index contributed by atoms with van der Waals surface area (Å²) in [6, 6.07) is 4.50. The molecule has 14 heavy (non-hydrogen) atoms. The van der Waals surface area contributed by atoms with E-state index in [9.17, 15) is 9.18 Å². The average Bonchev–Trinajstić information content (AvgIpc) is 2.57. The van der Waals surface area contributed by atoms with Crippen LogP contribution in [0.5, 0.6) is 0 Å². The number of hydrogen-bond acceptors (Lipinski definition) is 1. The fourth-order valence-corrected chi connectivity index (χ4v) is 1.81. The SMILES string of the molecule is O=C1NC[C@@H](c2cccc(Br)c2F)N1. The van der Waals surface area contributed by atoms with Gasteiger partial charge in [-0.05, 0) is 22.0 Å². The molecule has 0 bridgehead atoms. The van der Waals surface area contributed by atoms with Gasteiger partial charge in [0.15, 0.2) is 0 Å². The number of rotatable bonds is 1. The van der Waals surface area contributed by atoms with Crippen LogP contribution < -0.4 is 10.6 Å². The van der Waals surface area contributed by atoms with Crippen LogP contribution in [0.3, 0.4) is 0 Å². The highest BCUT2D eigenvalue weighted by Crippen LogP contribution is 2.24. The number of amides is 2. The van der Waals surface area contributed by atoms with Crippen molar-refractivity contribution in [3.63, 3.8) is 0 Å². The van der Waals surface area contributed by atoms with E-state index in [4.69, 9.17) is 0 Å². The molecule has 1 fully saturated rings. The van der Waals surface area contributed by atoms with Crippen molar-refractivity contribution >= 4 is 22.0 Å². The first kappa shape index (κ1) is 9.45. The monoisotopic (exact) mass is 258 g/mol. The molecule has 0 unspecified atom stereocenters. The lowest BCUT2D eigenvalue weighted by atomic mass is 10.1. The summed E-state index contributed by atoms with van der Waals surface area (Å²) in [6.45, 7) is 0.423. The summed E-state index contributed by atoms with van der Waals surface area (Å²) in [5.41, 5.74) is 0.498. The standard InChI is InChI=1S/C9H8BrFN2O/c10-6-3-1-2-5(8(6)11)7-4-12-9(14)13-7/h1-3,7H,4H2,(H2,12,13,14)/t7-/m0/s1. The largest absolute Gasteiger partial charge is 0.336 e. The third kappa shape index (κ3) is 1.59. The van der Waals surface area contributed by atoms with Crippen molar-refractivity contribution in [1.29, 1.82) is 0 Å². The summed E-state index contributed by atoms with van der Waals surface area (Å²) in [5.74, 6) is -0.318. The maximum Gasteiger partial charge on any atom is 0.315 e. The molecule has 1 atom stereocenters. The Bertz CT molecular complexity index is 383. The van der Waals surface area contributed by atoms with Crippen LogP contribution in [-0.2, 0) is 0 Å². The molecule has 1 aliphatic rings. The second-order valence-electron chi connectivity index (χ2n) is 3.05. The van der Waals surface area contributed by atoms with Gasteiger partial charge in [0.05, 0.1) is 10.5 Å². The molecule has 74 valence electrons. The first-order valence-electron chi connectivity index (χ1n) is 4.17. The van der Waals surface area contributed by atoms with Gasteiger partial charge in [-0.3, -0.25) is 0 Å². The molecule has 1 aliphatic heterocycles. The van der Waals surface area contributed by atoms with Gasteiger partial charge in [-0.2, -0.15) is 0 Å². The maximum absolute atomic E-state index is 13.6. The third-order valence-electron chi connectivity index (χ3n) is 2.13. The van der Waals surface area contributed by atoms with Crippen molar-refractivity contribution in [3.05, 3.63) is 34.1 Å². The summed E-state index contributed by atoms with van der Waals surface area (Å²) in [6.07, 6.45) is 0. The zero-order chi connectivity index (χ0) is 10.1. The van der Waals surface area contributed by atoms with Gasteiger partial charge in [0, 0.05) is 12.1 Å². The van der Waals surface area contributed by atoms with Gasteiger partial charge < -0.3 is 10.6 Å². The van der Waals surface area contributed by atoms with E-state index in [1.807, 2.05) is 0 Å². The first-order valence-corrected chi connectivity index (χ1v) is 4.96. The molecule has 0 aliphatic carbocycles. The molecule has 0 aromatic heterocycles. The Balaban J connectivity index is 2.32.